The molecular formula is C25H21NO2. The molecule has 0 aliphatic rings. The zero-order chi connectivity index (χ0) is 19.7. The topological polar surface area (TPSA) is 39.2 Å². The summed E-state index contributed by atoms with van der Waals surface area (Å²) in [6.07, 6.45) is 0. The molecule has 3 aromatic carbocycles. The molecule has 138 valence electrons. The molecule has 0 aliphatic carbocycles. The first-order valence-corrected chi connectivity index (χ1v) is 9.28. The maximum Gasteiger partial charge on any atom is 0.344 e. The maximum atomic E-state index is 13.1. The largest absolute Gasteiger partial charge is 0.423 e. The molecule has 1 heterocycles. The first-order chi connectivity index (χ1) is 13.5. The number of carbonyl (C=O) groups is 1. The van der Waals surface area contributed by atoms with E-state index in [4.69, 9.17) is 9.72 Å². The number of hydrogen-bond donors (Lipinski definition) is 0. The molecular weight excluding hydrogens is 346 g/mol. The van der Waals surface area contributed by atoms with E-state index in [1.54, 1.807) is 0 Å². The maximum absolute atomic E-state index is 13.1. The molecule has 0 spiro atoms. The minimum absolute atomic E-state index is 0.371. The number of esters is 1. The van der Waals surface area contributed by atoms with E-state index in [0.29, 0.717) is 11.3 Å². The Morgan fingerprint density at radius 2 is 1.64 bits per heavy atom. The van der Waals surface area contributed by atoms with E-state index in [2.05, 4.69) is 0 Å². The van der Waals surface area contributed by atoms with Gasteiger partial charge in [0.15, 0.2) is 0 Å². The van der Waals surface area contributed by atoms with Crippen LogP contribution in [0.5, 0.6) is 5.75 Å². The molecule has 0 atom stereocenters. The van der Waals surface area contributed by atoms with Crippen LogP contribution in [0.25, 0.3) is 22.2 Å². The second-order valence-electron chi connectivity index (χ2n) is 7.03. The number of fused-ring (bicyclic) bond motifs is 1. The highest BCUT2D eigenvalue weighted by atomic mass is 16.5. The standard InChI is InChI=1S/C25H21NO2/c1-16-12-13-22-20(14-16)21(15-23(26-22)19-9-5-4-6-10-19)25(27)28-24-11-7-8-17(2)18(24)3/h4-15H,1-3H3. The van der Waals surface area contributed by atoms with Crippen LogP contribution in [-0.4, -0.2) is 11.0 Å². The van der Waals surface area contributed by atoms with Crippen molar-refractivity contribution in [3.8, 4) is 17.0 Å². The molecule has 3 heteroatoms. The van der Waals surface area contributed by atoms with Gasteiger partial charge in [-0.05, 0) is 56.2 Å². The fourth-order valence-electron chi connectivity index (χ4n) is 3.25. The molecule has 0 unspecified atom stereocenters. The average molecular weight is 367 g/mol. The van der Waals surface area contributed by atoms with E-state index in [9.17, 15) is 4.79 Å². The summed E-state index contributed by atoms with van der Waals surface area (Å²) in [4.78, 5) is 17.9. The zero-order valence-corrected chi connectivity index (χ0v) is 16.2. The monoisotopic (exact) mass is 367 g/mol. The Morgan fingerprint density at radius 1 is 0.857 bits per heavy atom. The summed E-state index contributed by atoms with van der Waals surface area (Å²) in [6.45, 7) is 5.97. The lowest BCUT2D eigenvalue weighted by Gasteiger charge is -2.12. The van der Waals surface area contributed by atoms with Gasteiger partial charge < -0.3 is 4.74 Å². The Labute approximate surface area is 164 Å². The van der Waals surface area contributed by atoms with Gasteiger partial charge >= 0.3 is 5.97 Å². The summed E-state index contributed by atoms with van der Waals surface area (Å²) < 4.78 is 5.78. The molecule has 0 N–H and O–H groups in total. The van der Waals surface area contributed by atoms with Crippen molar-refractivity contribution in [2.45, 2.75) is 20.8 Å². The van der Waals surface area contributed by atoms with Crippen molar-refractivity contribution in [3.05, 3.63) is 95.1 Å². The summed E-state index contributed by atoms with van der Waals surface area (Å²) >= 11 is 0. The lowest BCUT2D eigenvalue weighted by molar-refractivity contribution is 0.0735. The van der Waals surface area contributed by atoms with E-state index >= 15 is 0 Å². The number of nitrogens with zero attached hydrogens (tertiary/aromatic N) is 1. The number of ether oxygens (including phenoxy) is 1. The Bertz CT molecular complexity index is 1180. The third-order valence-electron chi connectivity index (χ3n) is 5.01. The third kappa shape index (κ3) is 3.39. The lowest BCUT2D eigenvalue weighted by Crippen LogP contribution is -2.11. The molecule has 4 aromatic rings. The highest BCUT2D eigenvalue weighted by molar-refractivity contribution is 6.05. The van der Waals surface area contributed by atoms with Crippen LogP contribution in [-0.2, 0) is 0 Å². The number of benzene rings is 3. The summed E-state index contributed by atoms with van der Waals surface area (Å²) in [5.74, 6) is 0.216. The van der Waals surface area contributed by atoms with Crippen LogP contribution in [0, 0.1) is 20.8 Å². The van der Waals surface area contributed by atoms with Crippen LogP contribution in [0.1, 0.15) is 27.0 Å². The molecule has 0 bridgehead atoms. The minimum Gasteiger partial charge on any atom is -0.423 e. The van der Waals surface area contributed by atoms with Gasteiger partial charge in [-0.25, -0.2) is 9.78 Å². The van der Waals surface area contributed by atoms with Gasteiger partial charge in [0.05, 0.1) is 16.8 Å². The second kappa shape index (κ2) is 7.28. The predicted molar refractivity (Wildman–Crippen MR) is 113 cm³/mol. The Morgan fingerprint density at radius 3 is 2.43 bits per heavy atom. The van der Waals surface area contributed by atoms with Gasteiger partial charge in [-0.3, -0.25) is 0 Å². The fraction of sp³-hybridized carbons (Fsp3) is 0.120. The van der Waals surface area contributed by atoms with Crippen molar-refractivity contribution in [3.63, 3.8) is 0 Å². The molecule has 0 saturated heterocycles. The highest BCUT2D eigenvalue weighted by Crippen LogP contribution is 2.28. The van der Waals surface area contributed by atoms with Crippen molar-refractivity contribution in [2.75, 3.05) is 0 Å². The first-order valence-electron chi connectivity index (χ1n) is 9.28. The Hall–Kier alpha value is -3.46. The van der Waals surface area contributed by atoms with Crippen LogP contribution < -0.4 is 4.74 Å². The van der Waals surface area contributed by atoms with E-state index in [1.807, 2.05) is 93.6 Å². The van der Waals surface area contributed by atoms with Crippen molar-refractivity contribution < 1.29 is 9.53 Å². The third-order valence-corrected chi connectivity index (χ3v) is 5.01. The van der Waals surface area contributed by atoms with E-state index in [0.717, 1.165) is 38.9 Å². The number of pyridine rings is 1. The van der Waals surface area contributed by atoms with Gasteiger partial charge in [0.2, 0.25) is 0 Å². The molecule has 0 aliphatic heterocycles. The van der Waals surface area contributed by atoms with E-state index in [1.165, 1.54) is 0 Å². The van der Waals surface area contributed by atoms with Crippen molar-refractivity contribution in [1.82, 2.24) is 4.98 Å². The van der Waals surface area contributed by atoms with Gasteiger partial charge in [-0.15, -0.1) is 0 Å². The Balaban J connectivity index is 1.85. The highest BCUT2D eigenvalue weighted by Gasteiger charge is 2.17. The summed E-state index contributed by atoms with van der Waals surface area (Å²) in [5.41, 5.74) is 6.14. The number of aryl methyl sites for hydroxylation is 2. The number of carbonyl (C=O) groups excluding carboxylic acids is 1. The number of aromatic nitrogens is 1. The van der Waals surface area contributed by atoms with Crippen LogP contribution >= 0.6 is 0 Å². The lowest BCUT2D eigenvalue weighted by atomic mass is 10.0. The van der Waals surface area contributed by atoms with Gasteiger partial charge in [-0.2, -0.15) is 0 Å². The number of hydrogen-bond acceptors (Lipinski definition) is 3. The normalized spacial score (nSPS) is 10.8. The zero-order valence-electron chi connectivity index (χ0n) is 16.2. The molecule has 0 radical (unpaired) electrons. The molecule has 4 rings (SSSR count). The van der Waals surface area contributed by atoms with Crippen LogP contribution in [0.15, 0.2) is 72.8 Å². The molecule has 3 nitrogen and oxygen atoms in total. The van der Waals surface area contributed by atoms with Crippen molar-refractivity contribution in [2.24, 2.45) is 0 Å². The van der Waals surface area contributed by atoms with Crippen LogP contribution in [0.4, 0.5) is 0 Å². The van der Waals surface area contributed by atoms with Gasteiger partial charge in [0.1, 0.15) is 5.75 Å². The summed E-state index contributed by atoms with van der Waals surface area (Å²) in [6, 6.07) is 23.4. The molecule has 28 heavy (non-hydrogen) atoms. The van der Waals surface area contributed by atoms with Crippen LogP contribution in [0.3, 0.4) is 0 Å². The fourth-order valence-corrected chi connectivity index (χ4v) is 3.25. The molecule has 1 aromatic heterocycles. The van der Waals surface area contributed by atoms with Crippen LogP contribution in [0.2, 0.25) is 0 Å². The Kier molecular flexibility index (Phi) is 4.66. The van der Waals surface area contributed by atoms with Crippen molar-refractivity contribution >= 4 is 16.9 Å². The smallest absolute Gasteiger partial charge is 0.344 e. The van der Waals surface area contributed by atoms with Crippen molar-refractivity contribution in [1.29, 1.82) is 0 Å². The van der Waals surface area contributed by atoms with E-state index in [-0.39, 0.29) is 5.97 Å². The average Bonchev–Trinajstić information content (AvgIpc) is 2.71. The molecule has 0 fully saturated rings. The van der Waals surface area contributed by atoms with Gasteiger partial charge in [-0.1, -0.05) is 54.1 Å². The van der Waals surface area contributed by atoms with Gasteiger partial charge in [0, 0.05) is 10.9 Å². The van der Waals surface area contributed by atoms with E-state index < -0.39 is 0 Å². The minimum atomic E-state index is -0.371. The van der Waals surface area contributed by atoms with Gasteiger partial charge in [0.25, 0.3) is 0 Å². The molecule has 0 saturated carbocycles. The summed E-state index contributed by atoms with van der Waals surface area (Å²) in [7, 11) is 0. The summed E-state index contributed by atoms with van der Waals surface area (Å²) in [5, 5.41) is 0.801. The predicted octanol–water partition coefficient (Wildman–Crippen LogP) is 6.05. The quantitative estimate of drug-likeness (QED) is 0.327. The molecule has 0 amide bonds. The first kappa shape index (κ1) is 17.9. The second-order valence-corrected chi connectivity index (χ2v) is 7.03. The SMILES string of the molecule is Cc1ccc2nc(-c3ccccc3)cc(C(=O)Oc3cccc(C)c3C)c2c1. The number of rotatable bonds is 3.